The quantitative estimate of drug-likeness (QED) is 0.192. The molecule has 0 aromatic heterocycles. The molecule has 1 aliphatic rings. The average molecular weight is 512 g/mol. The van der Waals surface area contributed by atoms with Crippen molar-refractivity contribution in [3.05, 3.63) is 104 Å². The number of hydrogen-bond acceptors (Lipinski definition) is 0. The average Bonchev–Trinajstić information content (AvgIpc) is 2.81. The first-order chi connectivity index (χ1) is 14.1. The van der Waals surface area contributed by atoms with Gasteiger partial charge in [-0.25, -0.2) is 0 Å². The molecule has 1 saturated carbocycles. The zero-order valence-electron chi connectivity index (χ0n) is 17.0. The zero-order valence-corrected chi connectivity index (χ0v) is 20.0. The standard InChI is InChI=1S/C27H30IP/c1-2-23-18-20-24(21-19-23)22-29(28,25-12-6-3-7-13-25,26-14-8-4-9-15-26)27-16-10-5-11-17-27/h2-17,23-24H,1,18-22H2. The third kappa shape index (κ3) is 3.84. The Labute approximate surface area is 188 Å². The van der Waals surface area contributed by atoms with Crippen molar-refractivity contribution in [3.8, 4) is 0 Å². The van der Waals surface area contributed by atoms with Crippen LogP contribution < -0.4 is 15.9 Å². The second-order valence-corrected chi connectivity index (χ2v) is 19.1. The number of allylic oxidation sites excluding steroid dienone is 1. The fourth-order valence-corrected chi connectivity index (χ4v) is 14.9. The van der Waals surface area contributed by atoms with Gasteiger partial charge in [0.2, 0.25) is 0 Å². The fourth-order valence-electron chi connectivity index (χ4n) is 5.07. The van der Waals surface area contributed by atoms with Gasteiger partial charge in [-0.3, -0.25) is 0 Å². The summed E-state index contributed by atoms with van der Waals surface area (Å²) in [7, 11) is 0. The molecule has 1 fully saturated rings. The summed E-state index contributed by atoms with van der Waals surface area (Å²) in [6.45, 7) is 4.05. The van der Waals surface area contributed by atoms with E-state index >= 15 is 0 Å². The van der Waals surface area contributed by atoms with Gasteiger partial charge in [-0.1, -0.05) is 0 Å². The molecule has 3 aromatic rings. The topological polar surface area (TPSA) is 0 Å². The van der Waals surface area contributed by atoms with E-state index in [1.54, 1.807) is 0 Å². The Kier molecular flexibility index (Phi) is 6.27. The summed E-state index contributed by atoms with van der Waals surface area (Å²) in [5.74, 6) is 1.46. The van der Waals surface area contributed by atoms with Crippen molar-refractivity contribution in [3.63, 3.8) is 0 Å². The molecule has 2 heteroatoms. The third-order valence-corrected chi connectivity index (χ3v) is 18.2. The van der Waals surface area contributed by atoms with E-state index in [4.69, 9.17) is 0 Å². The molecule has 0 nitrogen and oxygen atoms in total. The van der Waals surface area contributed by atoms with Crippen molar-refractivity contribution >= 4 is 42.2 Å². The van der Waals surface area contributed by atoms with Crippen LogP contribution in [0, 0.1) is 11.8 Å². The van der Waals surface area contributed by atoms with E-state index in [0.717, 1.165) is 5.92 Å². The van der Waals surface area contributed by atoms with E-state index in [1.165, 1.54) is 47.8 Å². The first-order valence-electron chi connectivity index (χ1n) is 10.7. The van der Waals surface area contributed by atoms with E-state index in [1.807, 2.05) is 0 Å². The van der Waals surface area contributed by atoms with E-state index in [-0.39, 0.29) is 0 Å². The summed E-state index contributed by atoms with van der Waals surface area (Å²) in [5.41, 5.74) is 0. The van der Waals surface area contributed by atoms with Gasteiger partial charge in [-0.05, 0) is 0 Å². The predicted molar refractivity (Wildman–Crippen MR) is 140 cm³/mol. The van der Waals surface area contributed by atoms with E-state index in [2.05, 4.69) is 126 Å². The number of halogens is 1. The minimum atomic E-state index is -2.62. The molecular formula is C27H30IP. The zero-order chi connectivity index (χ0) is 20.2. The van der Waals surface area contributed by atoms with Crippen molar-refractivity contribution in [2.45, 2.75) is 25.7 Å². The Balaban J connectivity index is 1.91. The van der Waals surface area contributed by atoms with Gasteiger partial charge in [0.05, 0.1) is 0 Å². The van der Waals surface area contributed by atoms with Crippen molar-refractivity contribution in [2.24, 2.45) is 11.8 Å². The third-order valence-electron chi connectivity index (χ3n) is 6.71. The van der Waals surface area contributed by atoms with Gasteiger partial charge in [-0.15, -0.1) is 0 Å². The molecule has 0 amide bonds. The van der Waals surface area contributed by atoms with Gasteiger partial charge in [0, 0.05) is 0 Å². The second kappa shape index (κ2) is 8.74. The molecule has 0 atom stereocenters. The summed E-state index contributed by atoms with van der Waals surface area (Å²) in [4.78, 5) is 0. The van der Waals surface area contributed by atoms with Crippen LogP contribution in [-0.4, -0.2) is 6.16 Å². The molecular weight excluding hydrogens is 482 g/mol. The van der Waals surface area contributed by atoms with Gasteiger partial charge >= 0.3 is 190 Å². The molecule has 0 radical (unpaired) electrons. The van der Waals surface area contributed by atoms with E-state index in [9.17, 15) is 0 Å². The van der Waals surface area contributed by atoms with Crippen molar-refractivity contribution in [1.29, 1.82) is 0 Å². The van der Waals surface area contributed by atoms with Gasteiger partial charge in [0.15, 0.2) is 0 Å². The molecule has 0 N–H and O–H groups in total. The maximum absolute atomic E-state index is 4.05. The first-order valence-corrected chi connectivity index (χ1v) is 15.9. The maximum atomic E-state index is 4.05. The summed E-state index contributed by atoms with van der Waals surface area (Å²) in [6.07, 6.45) is 8.61. The van der Waals surface area contributed by atoms with Crippen LogP contribution in [0.15, 0.2) is 104 Å². The van der Waals surface area contributed by atoms with Gasteiger partial charge < -0.3 is 0 Å². The Bertz CT molecular complexity index is 829. The Morgan fingerprint density at radius 1 is 0.690 bits per heavy atom. The SMILES string of the molecule is C=CC1CCC(CP(I)(c2ccccc2)(c2ccccc2)c2ccccc2)CC1. The van der Waals surface area contributed by atoms with Crippen LogP contribution in [-0.2, 0) is 0 Å². The summed E-state index contributed by atoms with van der Waals surface area (Å²) in [6, 6.07) is 34.0. The molecule has 0 saturated heterocycles. The van der Waals surface area contributed by atoms with E-state index in [0.29, 0.717) is 5.92 Å². The number of rotatable bonds is 6. The molecule has 4 rings (SSSR count). The monoisotopic (exact) mass is 512 g/mol. The van der Waals surface area contributed by atoms with Crippen LogP contribution in [0.4, 0.5) is 0 Å². The van der Waals surface area contributed by atoms with Crippen molar-refractivity contribution in [2.75, 3.05) is 6.16 Å². The summed E-state index contributed by atoms with van der Waals surface area (Å²) < 4.78 is -2.62. The molecule has 0 spiro atoms. The van der Waals surface area contributed by atoms with Gasteiger partial charge in [0.25, 0.3) is 0 Å². The van der Waals surface area contributed by atoms with Crippen LogP contribution in [0.5, 0.6) is 0 Å². The molecule has 0 aliphatic heterocycles. The molecule has 0 heterocycles. The molecule has 3 aromatic carbocycles. The first kappa shape index (κ1) is 20.8. The van der Waals surface area contributed by atoms with Crippen LogP contribution in [0.25, 0.3) is 0 Å². The van der Waals surface area contributed by atoms with E-state index < -0.39 is 4.25 Å². The van der Waals surface area contributed by atoms with Crippen molar-refractivity contribution < 1.29 is 0 Å². The molecule has 150 valence electrons. The Morgan fingerprint density at radius 2 is 1.07 bits per heavy atom. The van der Waals surface area contributed by atoms with Gasteiger partial charge in [0.1, 0.15) is 0 Å². The predicted octanol–water partition coefficient (Wildman–Crippen LogP) is 6.86. The fraction of sp³-hybridized carbons (Fsp3) is 0.259. The summed E-state index contributed by atoms with van der Waals surface area (Å²) in [5, 5.41) is 4.51. The molecule has 0 bridgehead atoms. The molecule has 1 aliphatic carbocycles. The minimum absolute atomic E-state index is 0.705. The normalized spacial score (nSPS) is 21.1. The van der Waals surface area contributed by atoms with Gasteiger partial charge in [-0.2, -0.15) is 0 Å². The number of hydrogen-bond donors (Lipinski definition) is 0. The molecule has 29 heavy (non-hydrogen) atoms. The van der Waals surface area contributed by atoms with Crippen LogP contribution in [0.3, 0.4) is 0 Å². The second-order valence-electron chi connectivity index (χ2n) is 8.39. The summed E-state index contributed by atoms with van der Waals surface area (Å²) >= 11 is 2.93. The number of benzene rings is 3. The van der Waals surface area contributed by atoms with Crippen LogP contribution in [0.2, 0.25) is 0 Å². The Hall–Kier alpha value is -1.44. The molecule has 0 unspecified atom stereocenters. The van der Waals surface area contributed by atoms with Crippen LogP contribution >= 0.6 is 26.3 Å². The van der Waals surface area contributed by atoms with Crippen LogP contribution in [0.1, 0.15) is 25.7 Å². The Morgan fingerprint density at radius 3 is 1.41 bits per heavy atom. The van der Waals surface area contributed by atoms with Crippen molar-refractivity contribution in [1.82, 2.24) is 0 Å².